The van der Waals surface area contributed by atoms with E-state index in [-0.39, 0.29) is 24.2 Å². The third-order valence-corrected chi connectivity index (χ3v) is 3.89. The van der Waals surface area contributed by atoms with Crippen LogP contribution in [0.25, 0.3) is 0 Å². The SMILES string of the molecule is CO[C@H]1[C@H](N(C)C(=O)Cc2ccncc2)COC[C@H]1OC. The van der Waals surface area contributed by atoms with Crippen molar-refractivity contribution in [3.63, 3.8) is 0 Å². The van der Waals surface area contributed by atoms with E-state index in [2.05, 4.69) is 4.98 Å². The summed E-state index contributed by atoms with van der Waals surface area (Å²) in [6.07, 6.45) is 3.36. The van der Waals surface area contributed by atoms with Crippen LogP contribution in [0.4, 0.5) is 0 Å². The maximum atomic E-state index is 12.4. The molecule has 0 aliphatic carbocycles. The van der Waals surface area contributed by atoms with E-state index < -0.39 is 0 Å². The summed E-state index contributed by atoms with van der Waals surface area (Å²) in [6, 6.07) is 3.53. The average molecular weight is 294 g/mol. The lowest BCUT2D eigenvalue weighted by Gasteiger charge is -2.40. The van der Waals surface area contributed by atoms with Crippen molar-refractivity contribution in [2.45, 2.75) is 24.7 Å². The predicted molar refractivity (Wildman–Crippen MR) is 76.9 cm³/mol. The summed E-state index contributed by atoms with van der Waals surface area (Å²) in [5, 5.41) is 0. The molecule has 2 heterocycles. The largest absolute Gasteiger partial charge is 0.376 e. The van der Waals surface area contributed by atoms with Gasteiger partial charge < -0.3 is 19.1 Å². The number of pyridine rings is 1. The molecule has 2 rings (SSSR count). The maximum Gasteiger partial charge on any atom is 0.227 e. The lowest BCUT2D eigenvalue weighted by Crippen LogP contribution is -2.57. The summed E-state index contributed by atoms with van der Waals surface area (Å²) in [5.74, 6) is 0.0219. The van der Waals surface area contributed by atoms with Crippen molar-refractivity contribution >= 4 is 5.91 Å². The molecule has 21 heavy (non-hydrogen) atoms. The Morgan fingerprint density at radius 1 is 1.33 bits per heavy atom. The molecular formula is C15H22N2O4. The number of amides is 1. The van der Waals surface area contributed by atoms with Crippen LogP contribution in [0, 0.1) is 0 Å². The third kappa shape index (κ3) is 3.78. The molecule has 116 valence electrons. The number of hydrogen-bond donors (Lipinski definition) is 0. The molecule has 0 unspecified atom stereocenters. The lowest BCUT2D eigenvalue weighted by atomic mass is 10.0. The van der Waals surface area contributed by atoms with Gasteiger partial charge in [-0.05, 0) is 17.7 Å². The summed E-state index contributed by atoms with van der Waals surface area (Å²) in [4.78, 5) is 18.1. The highest BCUT2D eigenvalue weighted by Crippen LogP contribution is 2.19. The first-order valence-corrected chi connectivity index (χ1v) is 6.95. The van der Waals surface area contributed by atoms with Gasteiger partial charge in [0.05, 0.1) is 25.7 Å². The zero-order valence-corrected chi connectivity index (χ0v) is 12.7. The molecule has 0 bridgehead atoms. The first-order chi connectivity index (χ1) is 10.2. The van der Waals surface area contributed by atoms with Crippen LogP contribution in [-0.4, -0.2) is 68.5 Å². The first-order valence-electron chi connectivity index (χ1n) is 6.95. The Kier molecular flexibility index (Phi) is 5.67. The molecule has 6 heteroatoms. The van der Waals surface area contributed by atoms with Crippen molar-refractivity contribution in [3.8, 4) is 0 Å². The second kappa shape index (κ2) is 7.49. The average Bonchev–Trinajstić information content (AvgIpc) is 2.54. The van der Waals surface area contributed by atoms with Crippen molar-refractivity contribution in [2.24, 2.45) is 0 Å². The summed E-state index contributed by atoms with van der Waals surface area (Å²) >= 11 is 0. The molecule has 1 aliphatic heterocycles. The topological polar surface area (TPSA) is 60.9 Å². The summed E-state index contributed by atoms with van der Waals surface area (Å²) in [6.45, 7) is 0.939. The molecule has 3 atom stereocenters. The molecule has 6 nitrogen and oxygen atoms in total. The van der Waals surface area contributed by atoms with Gasteiger partial charge in [-0.1, -0.05) is 0 Å². The normalized spacial score (nSPS) is 25.6. The van der Waals surface area contributed by atoms with Gasteiger partial charge >= 0.3 is 0 Å². The third-order valence-electron chi connectivity index (χ3n) is 3.89. The molecular weight excluding hydrogens is 272 g/mol. The Labute approximate surface area is 125 Å². The maximum absolute atomic E-state index is 12.4. The zero-order valence-electron chi connectivity index (χ0n) is 12.7. The van der Waals surface area contributed by atoms with Gasteiger partial charge in [0.1, 0.15) is 12.2 Å². The molecule has 1 amide bonds. The molecule has 1 fully saturated rings. The Balaban J connectivity index is 2.03. The van der Waals surface area contributed by atoms with Crippen molar-refractivity contribution in [2.75, 3.05) is 34.5 Å². The van der Waals surface area contributed by atoms with Crippen LogP contribution in [0.2, 0.25) is 0 Å². The van der Waals surface area contributed by atoms with Crippen LogP contribution in [0.1, 0.15) is 5.56 Å². The molecule has 0 radical (unpaired) electrons. The monoisotopic (exact) mass is 294 g/mol. The number of likely N-dealkylation sites (N-methyl/N-ethyl adjacent to an activating group) is 1. The van der Waals surface area contributed by atoms with E-state index in [1.807, 2.05) is 12.1 Å². The van der Waals surface area contributed by atoms with E-state index in [1.54, 1.807) is 38.6 Å². The van der Waals surface area contributed by atoms with Crippen molar-refractivity contribution in [1.29, 1.82) is 0 Å². The quantitative estimate of drug-likeness (QED) is 0.792. The minimum Gasteiger partial charge on any atom is -0.376 e. The van der Waals surface area contributed by atoms with Gasteiger partial charge in [-0.3, -0.25) is 9.78 Å². The molecule has 0 N–H and O–H groups in total. The number of carbonyl (C=O) groups excluding carboxylic acids is 1. The van der Waals surface area contributed by atoms with Gasteiger partial charge in [-0.25, -0.2) is 0 Å². The fraction of sp³-hybridized carbons (Fsp3) is 0.600. The Morgan fingerprint density at radius 2 is 2.05 bits per heavy atom. The van der Waals surface area contributed by atoms with E-state index in [4.69, 9.17) is 14.2 Å². The molecule has 1 aromatic rings. The number of aromatic nitrogens is 1. The van der Waals surface area contributed by atoms with Gasteiger partial charge in [-0.2, -0.15) is 0 Å². The fourth-order valence-corrected chi connectivity index (χ4v) is 2.57. The Bertz CT molecular complexity index is 454. The van der Waals surface area contributed by atoms with Crippen molar-refractivity contribution < 1.29 is 19.0 Å². The van der Waals surface area contributed by atoms with E-state index >= 15 is 0 Å². The summed E-state index contributed by atoms with van der Waals surface area (Å²) in [7, 11) is 5.04. The van der Waals surface area contributed by atoms with E-state index in [9.17, 15) is 4.79 Å². The Morgan fingerprint density at radius 3 is 2.67 bits per heavy atom. The van der Waals surface area contributed by atoms with Gasteiger partial charge in [0.25, 0.3) is 0 Å². The molecule has 1 aliphatic rings. The van der Waals surface area contributed by atoms with Crippen LogP contribution >= 0.6 is 0 Å². The second-order valence-corrected chi connectivity index (χ2v) is 5.12. The van der Waals surface area contributed by atoms with Crippen molar-refractivity contribution in [1.82, 2.24) is 9.88 Å². The highest BCUT2D eigenvalue weighted by Gasteiger charge is 2.38. The molecule has 0 spiro atoms. The van der Waals surface area contributed by atoms with Gasteiger partial charge in [-0.15, -0.1) is 0 Å². The fourth-order valence-electron chi connectivity index (χ4n) is 2.57. The highest BCUT2D eigenvalue weighted by atomic mass is 16.6. The number of nitrogens with zero attached hydrogens (tertiary/aromatic N) is 2. The van der Waals surface area contributed by atoms with Crippen LogP contribution in [0.3, 0.4) is 0 Å². The molecule has 1 saturated heterocycles. The predicted octanol–water partition coefficient (Wildman–Crippen LogP) is 0.511. The minimum absolute atomic E-state index is 0.0219. The summed E-state index contributed by atoms with van der Waals surface area (Å²) in [5.41, 5.74) is 0.941. The van der Waals surface area contributed by atoms with E-state index in [0.29, 0.717) is 19.6 Å². The van der Waals surface area contributed by atoms with Gasteiger partial charge in [0.15, 0.2) is 0 Å². The van der Waals surface area contributed by atoms with Gasteiger partial charge in [0.2, 0.25) is 5.91 Å². The first kappa shape index (κ1) is 15.9. The van der Waals surface area contributed by atoms with Gasteiger partial charge in [0, 0.05) is 33.7 Å². The van der Waals surface area contributed by atoms with Crippen molar-refractivity contribution in [3.05, 3.63) is 30.1 Å². The molecule has 0 aromatic carbocycles. The van der Waals surface area contributed by atoms with E-state index in [1.165, 1.54) is 0 Å². The number of rotatable bonds is 5. The summed E-state index contributed by atoms with van der Waals surface area (Å²) < 4.78 is 16.4. The highest BCUT2D eigenvalue weighted by molar-refractivity contribution is 5.78. The standard InChI is InChI=1S/C15H22N2O4/c1-17(14(18)8-11-4-6-16-7-5-11)12-9-21-10-13(19-2)15(12)20-3/h4-7,12-13,15H,8-10H2,1-3H3/t12-,13-,15+/m1/s1. The van der Waals surface area contributed by atoms with Crippen LogP contribution in [-0.2, 0) is 25.4 Å². The number of carbonyl (C=O) groups is 1. The second-order valence-electron chi connectivity index (χ2n) is 5.12. The van der Waals surface area contributed by atoms with Crippen LogP contribution in [0.15, 0.2) is 24.5 Å². The van der Waals surface area contributed by atoms with Crippen LogP contribution in [0.5, 0.6) is 0 Å². The zero-order chi connectivity index (χ0) is 15.2. The minimum atomic E-state index is -0.185. The molecule has 0 saturated carbocycles. The number of ether oxygens (including phenoxy) is 3. The smallest absolute Gasteiger partial charge is 0.227 e. The Hall–Kier alpha value is -1.50. The molecule has 1 aromatic heterocycles. The number of hydrogen-bond acceptors (Lipinski definition) is 5. The van der Waals surface area contributed by atoms with Crippen LogP contribution < -0.4 is 0 Å². The lowest BCUT2D eigenvalue weighted by molar-refractivity contribution is -0.164. The number of methoxy groups -OCH3 is 2. The van der Waals surface area contributed by atoms with E-state index in [0.717, 1.165) is 5.56 Å².